The number of rotatable bonds is 5. The third-order valence-electron chi connectivity index (χ3n) is 2.57. The summed E-state index contributed by atoms with van der Waals surface area (Å²) in [7, 11) is 0. The van der Waals surface area contributed by atoms with Crippen molar-refractivity contribution in [2.24, 2.45) is 5.73 Å². The molecule has 0 spiro atoms. The average molecular weight is 326 g/mol. The monoisotopic (exact) mass is 325 g/mol. The number of benzene rings is 1. The molecule has 100 valence electrons. The highest BCUT2D eigenvalue weighted by atomic mass is 79.9. The fourth-order valence-electron chi connectivity index (χ4n) is 1.61. The number of nitrogens with zero attached hydrogens (tertiary/aromatic N) is 4. The second-order valence-corrected chi connectivity index (χ2v) is 4.79. The predicted molar refractivity (Wildman–Crippen MR) is 73.1 cm³/mol. The van der Waals surface area contributed by atoms with Crippen LogP contribution in [0.3, 0.4) is 0 Å². The number of aromatic nitrogens is 3. The summed E-state index contributed by atoms with van der Waals surface area (Å²) in [4.78, 5) is 10.2. The van der Waals surface area contributed by atoms with Crippen molar-refractivity contribution in [3.63, 3.8) is 0 Å². The predicted octanol–water partition coefficient (Wildman–Crippen LogP) is 1.83. The second-order valence-electron chi connectivity index (χ2n) is 3.94. The van der Waals surface area contributed by atoms with Crippen LogP contribution in [0, 0.1) is 10.1 Å². The lowest BCUT2D eigenvalue weighted by atomic mass is 10.2. The third-order valence-corrected chi connectivity index (χ3v) is 3.20. The van der Waals surface area contributed by atoms with Crippen molar-refractivity contribution >= 4 is 21.6 Å². The van der Waals surface area contributed by atoms with E-state index in [2.05, 4.69) is 26.2 Å². The zero-order valence-electron chi connectivity index (χ0n) is 9.99. The number of nitrogens with two attached hydrogens (primary N) is 1. The number of hydrogen-bond donors (Lipinski definition) is 1. The van der Waals surface area contributed by atoms with E-state index in [9.17, 15) is 10.1 Å². The molecule has 0 radical (unpaired) electrons. The number of halogens is 1. The van der Waals surface area contributed by atoms with Crippen LogP contribution in [0.25, 0.3) is 5.69 Å². The normalized spacial score (nSPS) is 10.6. The van der Waals surface area contributed by atoms with Gasteiger partial charge in [-0.3, -0.25) is 10.1 Å². The summed E-state index contributed by atoms with van der Waals surface area (Å²) in [6.07, 6.45) is 3.41. The maximum Gasteiger partial charge on any atom is 0.270 e. The third kappa shape index (κ3) is 3.15. The highest BCUT2D eigenvalue weighted by Crippen LogP contribution is 2.25. The molecule has 1 aromatic heterocycles. The molecule has 0 unspecified atom stereocenters. The minimum atomic E-state index is -0.442. The van der Waals surface area contributed by atoms with Crippen LogP contribution in [0.15, 0.2) is 28.9 Å². The van der Waals surface area contributed by atoms with Gasteiger partial charge in [-0.25, -0.2) is 4.68 Å². The van der Waals surface area contributed by atoms with Crippen molar-refractivity contribution in [3.05, 3.63) is 44.7 Å². The number of aryl methyl sites for hydroxylation is 1. The van der Waals surface area contributed by atoms with Gasteiger partial charge in [-0.2, -0.15) is 0 Å². The Hall–Kier alpha value is -1.80. The van der Waals surface area contributed by atoms with Crippen LogP contribution in [0.5, 0.6) is 0 Å². The molecule has 2 rings (SSSR count). The lowest BCUT2D eigenvalue weighted by Crippen LogP contribution is -2.00. The van der Waals surface area contributed by atoms with Crippen LogP contribution in [0.2, 0.25) is 0 Å². The van der Waals surface area contributed by atoms with Crippen molar-refractivity contribution in [3.8, 4) is 5.69 Å². The number of nitro groups is 1. The molecule has 1 aromatic carbocycles. The number of hydrogen-bond acceptors (Lipinski definition) is 5. The smallest absolute Gasteiger partial charge is 0.270 e. The van der Waals surface area contributed by atoms with E-state index in [0.29, 0.717) is 16.7 Å². The lowest BCUT2D eigenvalue weighted by Gasteiger charge is -2.02. The Morgan fingerprint density at radius 2 is 2.26 bits per heavy atom. The summed E-state index contributed by atoms with van der Waals surface area (Å²) < 4.78 is 2.18. The summed E-state index contributed by atoms with van der Waals surface area (Å²) in [6, 6.07) is 4.50. The summed E-state index contributed by atoms with van der Waals surface area (Å²) >= 11 is 3.30. The number of nitro benzene ring substituents is 1. The molecular weight excluding hydrogens is 314 g/mol. The highest BCUT2D eigenvalue weighted by Gasteiger charge is 2.11. The molecule has 19 heavy (non-hydrogen) atoms. The molecule has 0 amide bonds. The minimum Gasteiger partial charge on any atom is -0.330 e. The molecule has 0 aliphatic carbocycles. The molecule has 2 N–H and O–H groups in total. The number of non-ortho nitro benzene ring substituents is 1. The molecule has 7 nitrogen and oxygen atoms in total. The van der Waals surface area contributed by atoms with E-state index in [0.717, 1.165) is 18.5 Å². The Morgan fingerprint density at radius 3 is 2.89 bits per heavy atom. The van der Waals surface area contributed by atoms with Crippen LogP contribution >= 0.6 is 15.9 Å². The topological polar surface area (TPSA) is 99.9 Å². The van der Waals surface area contributed by atoms with Crippen LogP contribution in [0.1, 0.15) is 12.1 Å². The Balaban J connectivity index is 2.26. The second kappa shape index (κ2) is 5.89. The molecule has 0 aliphatic heterocycles. The van der Waals surface area contributed by atoms with E-state index in [-0.39, 0.29) is 5.69 Å². The first-order chi connectivity index (χ1) is 9.11. The van der Waals surface area contributed by atoms with Gasteiger partial charge >= 0.3 is 0 Å². The fourth-order valence-corrected chi connectivity index (χ4v) is 2.16. The average Bonchev–Trinajstić information content (AvgIpc) is 2.84. The van der Waals surface area contributed by atoms with Gasteiger partial charge in [0.1, 0.15) is 0 Å². The van der Waals surface area contributed by atoms with Gasteiger partial charge in [-0.15, -0.1) is 5.10 Å². The van der Waals surface area contributed by atoms with Gasteiger partial charge in [0.15, 0.2) is 0 Å². The van der Waals surface area contributed by atoms with Crippen LogP contribution in [-0.2, 0) is 6.42 Å². The summed E-state index contributed by atoms with van der Waals surface area (Å²) in [5, 5.41) is 18.7. The fraction of sp³-hybridized carbons (Fsp3) is 0.273. The van der Waals surface area contributed by atoms with Gasteiger partial charge in [0, 0.05) is 12.1 Å². The van der Waals surface area contributed by atoms with Crippen LogP contribution < -0.4 is 5.73 Å². The lowest BCUT2D eigenvalue weighted by molar-refractivity contribution is -0.384. The quantitative estimate of drug-likeness (QED) is 0.667. The van der Waals surface area contributed by atoms with Crippen molar-refractivity contribution in [1.82, 2.24) is 15.0 Å². The Morgan fingerprint density at radius 1 is 1.47 bits per heavy atom. The van der Waals surface area contributed by atoms with Crippen LogP contribution in [-0.4, -0.2) is 26.5 Å². The van der Waals surface area contributed by atoms with E-state index >= 15 is 0 Å². The van der Waals surface area contributed by atoms with E-state index in [1.54, 1.807) is 16.9 Å². The maximum absolute atomic E-state index is 10.7. The molecular formula is C11H12BrN5O2. The summed E-state index contributed by atoms with van der Waals surface area (Å²) in [5.74, 6) is 0. The Kier molecular flexibility index (Phi) is 4.23. The highest BCUT2D eigenvalue weighted by molar-refractivity contribution is 9.10. The van der Waals surface area contributed by atoms with E-state index in [4.69, 9.17) is 5.73 Å². The van der Waals surface area contributed by atoms with E-state index in [1.807, 2.05) is 0 Å². The molecule has 1 heterocycles. The van der Waals surface area contributed by atoms with Crippen molar-refractivity contribution in [2.45, 2.75) is 12.8 Å². The summed E-state index contributed by atoms with van der Waals surface area (Å²) in [5.41, 5.74) is 7.01. The standard InChI is InChI=1S/C11H12BrN5O2/c12-10-6-9(17(18)19)3-4-11(10)16-7-8(14-15-16)2-1-5-13/h3-4,6-7H,1-2,5,13H2. The van der Waals surface area contributed by atoms with Crippen molar-refractivity contribution in [1.29, 1.82) is 0 Å². The SMILES string of the molecule is NCCCc1cn(-c2ccc([N+](=O)[O-])cc2Br)nn1. The molecule has 0 fully saturated rings. The zero-order chi connectivity index (χ0) is 13.8. The largest absolute Gasteiger partial charge is 0.330 e. The minimum absolute atomic E-state index is 0.0269. The summed E-state index contributed by atoms with van der Waals surface area (Å²) in [6.45, 7) is 0.605. The van der Waals surface area contributed by atoms with Crippen molar-refractivity contribution < 1.29 is 4.92 Å². The zero-order valence-corrected chi connectivity index (χ0v) is 11.6. The maximum atomic E-state index is 10.7. The van der Waals surface area contributed by atoms with Gasteiger partial charge in [-0.05, 0) is 41.4 Å². The van der Waals surface area contributed by atoms with Gasteiger partial charge in [0.25, 0.3) is 5.69 Å². The van der Waals surface area contributed by atoms with Gasteiger partial charge in [0.05, 0.1) is 27.0 Å². The van der Waals surface area contributed by atoms with Crippen molar-refractivity contribution in [2.75, 3.05) is 6.54 Å². The Bertz CT molecular complexity index is 599. The van der Waals surface area contributed by atoms with Crippen LogP contribution in [0.4, 0.5) is 5.69 Å². The molecule has 0 atom stereocenters. The van der Waals surface area contributed by atoms with Gasteiger partial charge < -0.3 is 5.73 Å². The first-order valence-corrected chi connectivity index (χ1v) is 6.46. The molecule has 8 heteroatoms. The van der Waals surface area contributed by atoms with E-state index in [1.165, 1.54) is 12.1 Å². The van der Waals surface area contributed by atoms with Gasteiger partial charge in [0.2, 0.25) is 0 Å². The molecule has 2 aromatic rings. The van der Waals surface area contributed by atoms with E-state index < -0.39 is 4.92 Å². The molecule has 0 saturated carbocycles. The first-order valence-electron chi connectivity index (χ1n) is 5.67. The molecule has 0 bridgehead atoms. The first kappa shape index (κ1) is 13.6. The Labute approximate surface area is 117 Å². The van der Waals surface area contributed by atoms with Gasteiger partial charge in [-0.1, -0.05) is 5.21 Å². The molecule has 0 aliphatic rings. The molecule has 0 saturated heterocycles.